The van der Waals surface area contributed by atoms with Crippen molar-refractivity contribution in [3.8, 4) is 28.4 Å². The summed E-state index contributed by atoms with van der Waals surface area (Å²) in [5.74, 6) is 2.80. The Morgan fingerprint density at radius 1 is 0.868 bits per heavy atom. The third kappa shape index (κ3) is 5.12. The lowest BCUT2D eigenvalue weighted by molar-refractivity contribution is 0.290. The van der Waals surface area contributed by atoms with E-state index >= 15 is 0 Å². The van der Waals surface area contributed by atoms with E-state index in [4.69, 9.17) is 9.47 Å². The first-order valence-corrected chi connectivity index (χ1v) is 12.2. The third-order valence-corrected chi connectivity index (χ3v) is 6.38. The quantitative estimate of drug-likeness (QED) is 0.304. The second-order valence-electron chi connectivity index (χ2n) is 8.77. The molecule has 0 saturated carbocycles. The van der Waals surface area contributed by atoms with E-state index in [1.807, 2.05) is 42.7 Å². The zero-order chi connectivity index (χ0) is 25.7. The fourth-order valence-electron chi connectivity index (χ4n) is 4.28. The van der Waals surface area contributed by atoms with Gasteiger partial charge < -0.3 is 14.4 Å². The smallest absolute Gasteiger partial charge is 0.225 e. The van der Waals surface area contributed by atoms with Gasteiger partial charge in [0, 0.05) is 31.0 Å². The Balaban J connectivity index is 1.00. The number of hydrogen-bond acceptors (Lipinski definition) is 11. The predicted molar refractivity (Wildman–Crippen MR) is 136 cm³/mol. The van der Waals surface area contributed by atoms with E-state index in [1.165, 1.54) is 11.0 Å². The van der Waals surface area contributed by atoms with Crippen molar-refractivity contribution >= 4 is 5.95 Å². The lowest BCUT2D eigenvalue weighted by Gasteiger charge is -2.31. The molecule has 1 aliphatic rings. The minimum atomic E-state index is 0.218. The monoisotopic (exact) mass is 511 g/mol. The molecule has 1 saturated heterocycles. The van der Waals surface area contributed by atoms with Crippen LogP contribution in [0.25, 0.3) is 16.9 Å². The number of hydrogen-bond donors (Lipinski definition) is 0. The molecule has 0 amide bonds. The minimum Gasteiger partial charge on any atom is -0.497 e. The first-order chi connectivity index (χ1) is 18.7. The topological polar surface area (TPSA) is 135 Å². The summed E-state index contributed by atoms with van der Waals surface area (Å²) < 4.78 is 12.5. The van der Waals surface area contributed by atoms with Gasteiger partial charge in [-0.3, -0.25) is 0 Å². The first kappa shape index (κ1) is 23.5. The maximum atomic E-state index is 5.82. The van der Waals surface area contributed by atoms with Gasteiger partial charge in [0.1, 0.15) is 30.1 Å². The number of ether oxygens (including phenoxy) is 2. The summed E-state index contributed by atoms with van der Waals surface area (Å²) in [5.41, 5.74) is 2.79. The van der Waals surface area contributed by atoms with Crippen molar-refractivity contribution < 1.29 is 9.47 Å². The Labute approximate surface area is 218 Å². The number of pyridine rings is 1. The molecule has 0 atom stereocenters. The largest absolute Gasteiger partial charge is 0.497 e. The summed E-state index contributed by atoms with van der Waals surface area (Å²) in [6.07, 6.45) is 10.4. The first-order valence-electron chi connectivity index (χ1n) is 12.2. The van der Waals surface area contributed by atoms with Gasteiger partial charge in [0.05, 0.1) is 25.5 Å². The van der Waals surface area contributed by atoms with Gasteiger partial charge >= 0.3 is 0 Å². The maximum Gasteiger partial charge on any atom is 0.225 e. The summed E-state index contributed by atoms with van der Waals surface area (Å²) in [5, 5.41) is 20.1. The van der Waals surface area contributed by atoms with Crippen LogP contribution in [0.5, 0.6) is 11.5 Å². The maximum absolute atomic E-state index is 5.82. The van der Waals surface area contributed by atoms with Crippen LogP contribution in [0.1, 0.15) is 24.6 Å². The van der Waals surface area contributed by atoms with E-state index in [0.29, 0.717) is 18.2 Å². The fraction of sp³-hybridized carbons (Fsp3) is 0.280. The van der Waals surface area contributed by atoms with Crippen molar-refractivity contribution in [1.29, 1.82) is 0 Å². The summed E-state index contributed by atoms with van der Waals surface area (Å²) in [4.78, 5) is 17.5. The van der Waals surface area contributed by atoms with Crippen molar-refractivity contribution in [2.45, 2.75) is 25.5 Å². The number of nitrogens with zero attached hydrogens (tertiary/aromatic N) is 11. The molecule has 13 nitrogen and oxygen atoms in total. The molecule has 5 aromatic rings. The number of rotatable bonds is 8. The molecule has 38 heavy (non-hydrogen) atoms. The van der Waals surface area contributed by atoms with E-state index in [1.54, 1.807) is 30.4 Å². The Morgan fingerprint density at radius 3 is 2.34 bits per heavy atom. The summed E-state index contributed by atoms with van der Waals surface area (Å²) >= 11 is 0. The van der Waals surface area contributed by atoms with E-state index in [2.05, 4.69) is 45.6 Å². The average Bonchev–Trinajstić information content (AvgIpc) is 3.70. The molecular weight excluding hydrogens is 486 g/mol. The lowest BCUT2D eigenvalue weighted by Crippen LogP contribution is -2.36. The standard InChI is InChI=1S/C25H25N11O2/c1-37-22-4-2-18(3-5-22)19-12-27-25(28-13-19)34-10-8-21(9-11-34)36-30-14-20(31-36)16-38-23-6-7-24(26-15-23)35-17-29-32-33-35/h2-7,12-15,17,21H,8-11,16H2,1H3. The van der Waals surface area contributed by atoms with Crippen LogP contribution in [-0.2, 0) is 6.61 Å². The molecule has 0 spiro atoms. The summed E-state index contributed by atoms with van der Waals surface area (Å²) in [7, 11) is 1.66. The molecular formula is C25H25N11O2. The van der Waals surface area contributed by atoms with E-state index in [9.17, 15) is 0 Å². The molecule has 0 radical (unpaired) electrons. The van der Waals surface area contributed by atoms with Crippen LogP contribution in [0, 0.1) is 0 Å². The minimum absolute atomic E-state index is 0.218. The molecule has 0 N–H and O–H groups in total. The highest BCUT2D eigenvalue weighted by atomic mass is 16.5. The van der Waals surface area contributed by atoms with Crippen LogP contribution < -0.4 is 14.4 Å². The number of methoxy groups -OCH3 is 1. The molecule has 4 aromatic heterocycles. The highest BCUT2D eigenvalue weighted by Crippen LogP contribution is 2.26. The Bertz CT molecular complexity index is 1450. The number of piperidine rings is 1. The van der Waals surface area contributed by atoms with Crippen molar-refractivity contribution in [3.05, 3.63) is 73.2 Å². The fourth-order valence-corrected chi connectivity index (χ4v) is 4.28. The SMILES string of the molecule is COc1ccc(-c2cnc(N3CCC(n4ncc(COc5ccc(-n6cnnn6)nc5)n4)CC3)nc2)cc1. The van der Waals surface area contributed by atoms with Crippen molar-refractivity contribution in [3.63, 3.8) is 0 Å². The van der Waals surface area contributed by atoms with Gasteiger partial charge in [0.2, 0.25) is 5.95 Å². The Kier molecular flexibility index (Phi) is 6.53. The molecule has 0 bridgehead atoms. The van der Waals surface area contributed by atoms with Gasteiger partial charge in [-0.25, -0.2) is 15.0 Å². The normalized spacial score (nSPS) is 14.0. The van der Waals surface area contributed by atoms with E-state index in [0.717, 1.165) is 54.4 Å². The number of tetrazole rings is 1. The highest BCUT2D eigenvalue weighted by molar-refractivity contribution is 5.63. The van der Waals surface area contributed by atoms with Crippen LogP contribution in [-0.4, -0.2) is 70.4 Å². The van der Waals surface area contributed by atoms with Crippen molar-refractivity contribution in [2.24, 2.45) is 0 Å². The Morgan fingerprint density at radius 2 is 1.66 bits per heavy atom. The zero-order valence-electron chi connectivity index (χ0n) is 20.7. The second-order valence-corrected chi connectivity index (χ2v) is 8.77. The second kappa shape index (κ2) is 10.6. The van der Waals surface area contributed by atoms with Gasteiger partial charge in [0.25, 0.3) is 0 Å². The van der Waals surface area contributed by atoms with Crippen molar-refractivity contribution in [1.82, 2.24) is 50.2 Å². The molecule has 192 valence electrons. The van der Waals surface area contributed by atoms with Gasteiger partial charge in [-0.05, 0) is 53.1 Å². The Hall–Kier alpha value is -4.94. The molecule has 1 fully saturated rings. The molecule has 6 rings (SSSR count). The van der Waals surface area contributed by atoms with Gasteiger partial charge in [-0.1, -0.05) is 12.1 Å². The van der Waals surface area contributed by atoms with Crippen molar-refractivity contribution in [2.75, 3.05) is 25.1 Å². The van der Waals surface area contributed by atoms with Crippen LogP contribution >= 0.6 is 0 Å². The van der Waals surface area contributed by atoms with Crippen LogP contribution in [0.2, 0.25) is 0 Å². The average molecular weight is 512 g/mol. The van der Waals surface area contributed by atoms with Gasteiger partial charge in [-0.2, -0.15) is 19.7 Å². The molecule has 0 unspecified atom stereocenters. The molecule has 0 aliphatic carbocycles. The van der Waals surface area contributed by atoms with Crippen LogP contribution in [0.4, 0.5) is 5.95 Å². The van der Waals surface area contributed by atoms with E-state index in [-0.39, 0.29) is 6.04 Å². The van der Waals surface area contributed by atoms with Crippen LogP contribution in [0.15, 0.2) is 67.5 Å². The molecule has 1 aromatic carbocycles. The molecule has 5 heterocycles. The predicted octanol–water partition coefficient (Wildman–Crippen LogP) is 2.53. The van der Waals surface area contributed by atoms with E-state index < -0.39 is 0 Å². The van der Waals surface area contributed by atoms with Gasteiger partial charge in [0.15, 0.2) is 5.82 Å². The highest BCUT2D eigenvalue weighted by Gasteiger charge is 2.24. The number of aromatic nitrogens is 10. The molecule has 1 aliphatic heterocycles. The number of benzene rings is 1. The third-order valence-electron chi connectivity index (χ3n) is 6.38. The number of anilines is 1. The summed E-state index contributed by atoms with van der Waals surface area (Å²) in [6.45, 7) is 1.97. The van der Waals surface area contributed by atoms with Crippen LogP contribution in [0.3, 0.4) is 0 Å². The van der Waals surface area contributed by atoms with Gasteiger partial charge in [-0.15, -0.1) is 5.10 Å². The molecule has 13 heteroatoms. The lowest BCUT2D eigenvalue weighted by atomic mass is 10.1. The zero-order valence-corrected chi connectivity index (χ0v) is 20.7. The summed E-state index contributed by atoms with van der Waals surface area (Å²) in [6, 6.07) is 11.7.